The van der Waals surface area contributed by atoms with Crippen LogP contribution < -0.4 is 10.2 Å². The average molecular weight is 328 g/mol. The molecule has 0 bridgehead atoms. The second kappa shape index (κ2) is 8.16. The Balaban J connectivity index is 1.36. The molecule has 2 aromatic rings. The van der Waals surface area contributed by atoms with Gasteiger partial charge >= 0.3 is 0 Å². The van der Waals surface area contributed by atoms with Crippen LogP contribution in [0.4, 0.5) is 5.69 Å². The monoisotopic (exact) mass is 328 g/mol. The molecule has 3 rings (SSSR count). The van der Waals surface area contributed by atoms with Crippen molar-refractivity contribution in [2.45, 2.75) is 32.1 Å². The van der Waals surface area contributed by atoms with Crippen LogP contribution in [0.5, 0.6) is 0 Å². The molecule has 0 aliphatic carbocycles. The summed E-state index contributed by atoms with van der Waals surface area (Å²) in [7, 11) is 0. The smallest absolute Gasteiger partial charge is 0.225 e. The van der Waals surface area contributed by atoms with Crippen LogP contribution in [0, 0.1) is 0 Å². The van der Waals surface area contributed by atoms with Crippen LogP contribution in [0.15, 0.2) is 41.8 Å². The summed E-state index contributed by atoms with van der Waals surface area (Å²) in [6.45, 7) is 3.13. The molecule has 122 valence electrons. The van der Waals surface area contributed by atoms with Gasteiger partial charge in [-0.25, -0.2) is 0 Å². The molecular formula is C19H24N2OS. The molecule has 1 aromatic heterocycles. The lowest BCUT2D eigenvalue weighted by molar-refractivity contribution is -0.120. The standard InChI is InChI=1S/C19H24N2OS/c22-19(15-18-6-4-14-23-18)20-11-3-5-16-7-9-17(10-8-16)21-12-1-2-13-21/h4,6-10,14H,1-3,5,11-13,15H2,(H,20,22). The SMILES string of the molecule is O=C(Cc1cccs1)NCCCc1ccc(N2CCCC2)cc1. The van der Waals surface area contributed by atoms with Gasteiger partial charge < -0.3 is 10.2 Å². The van der Waals surface area contributed by atoms with Crippen LogP contribution in [-0.4, -0.2) is 25.5 Å². The molecule has 1 aliphatic heterocycles. The third-order valence-corrected chi connectivity index (χ3v) is 5.16. The number of rotatable bonds is 7. The molecule has 0 radical (unpaired) electrons. The Kier molecular flexibility index (Phi) is 5.70. The summed E-state index contributed by atoms with van der Waals surface area (Å²) in [4.78, 5) is 15.4. The van der Waals surface area contributed by atoms with E-state index < -0.39 is 0 Å². The van der Waals surface area contributed by atoms with Gasteiger partial charge in [0.25, 0.3) is 0 Å². The van der Waals surface area contributed by atoms with Crippen LogP contribution in [0.2, 0.25) is 0 Å². The highest BCUT2D eigenvalue weighted by molar-refractivity contribution is 7.10. The Morgan fingerprint density at radius 3 is 2.61 bits per heavy atom. The number of amides is 1. The fourth-order valence-electron chi connectivity index (χ4n) is 3.00. The largest absolute Gasteiger partial charge is 0.372 e. The van der Waals surface area contributed by atoms with Gasteiger partial charge in [0.05, 0.1) is 6.42 Å². The number of aryl methyl sites for hydroxylation is 1. The van der Waals surface area contributed by atoms with E-state index in [2.05, 4.69) is 34.5 Å². The highest BCUT2D eigenvalue weighted by Gasteiger charge is 2.11. The van der Waals surface area contributed by atoms with Crippen molar-refractivity contribution in [3.63, 3.8) is 0 Å². The van der Waals surface area contributed by atoms with Gasteiger partial charge in [0.1, 0.15) is 0 Å². The average Bonchev–Trinajstić information content (AvgIpc) is 3.26. The van der Waals surface area contributed by atoms with Gasteiger partial charge in [0, 0.05) is 30.2 Å². The lowest BCUT2D eigenvalue weighted by atomic mass is 10.1. The van der Waals surface area contributed by atoms with E-state index in [4.69, 9.17) is 0 Å². The number of nitrogens with zero attached hydrogens (tertiary/aromatic N) is 1. The highest BCUT2D eigenvalue weighted by atomic mass is 32.1. The molecule has 1 aromatic carbocycles. The van der Waals surface area contributed by atoms with Crippen molar-refractivity contribution >= 4 is 22.9 Å². The topological polar surface area (TPSA) is 32.3 Å². The maximum absolute atomic E-state index is 11.8. The molecule has 2 heterocycles. The lowest BCUT2D eigenvalue weighted by Gasteiger charge is -2.17. The molecule has 0 spiro atoms. The zero-order valence-corrected chi connectivity index (χ0v) is 14.3. The normalized spacial score (nSPS) is 14.2. The molecule has 1 saturated heterocycles. The molecule has 0 atom stereocenters. The van der Waals surface area contributed by atoms with Crippen molar-refractivity contribution in [2.75, 3.05) is 24.5 Å². The molecule has 1 aliphatic rings. The van der Waals surface area contributed by atoms with Gasteiger partial charge in [0.15, 0.2) is 0 Å². The minimum Gasteiger partial charge on any atom is -0.372 e. The van der Waals surface area contributed by atoms with Crippen LogP contribution >= 0.6 is 11.3 Å². The summed E-state index contributed by atoms with van der Waals surface area (Å²) in [6, 6.07) is 12.9. The molecule has 1 fully saturated rings. The fraction of sp³-hybridized carbons (Fsp3) is 0.421. The van der Waals surface area contributed by atoms with E-state index in [9.17, 15) is 4.79 Å². The van der Waals surface area contributed by atoms with E-state index in [1.54, 1.807) is 11.3 Å². The summed E-state index contributed by atoms with van der Waals surface area (Å²) >= 11 is 1.63. The van der Waals surface area contributed by atoms with Crippen LogP contribution in [0.1, 0.15) is 29.7 Å². The van der Waals surface area contributed by atoms with Gasteiger partial charge in [-0.05, 0) is 54.8 Å². The maximum atomic E-state index is 11.8. The minimum atomic E-state index is 0.122. The summed E-state index contributed by atoms with van der Waals surface area (Å²) in [5.74, 6) is 0.122. The number of nitrogens with one attached hydrogen (secondary N) is 1. The van der Waals surface area contributed by atoms with Crippen molar-refractivity contribution in [1.82, 2.24) is 5.32 Å². The number of carbonyl (C=O) groups is 1. The summed E-state index contributed by atoms with van der Waals surface area (Å²) in [5, 5.41) is 5.02. The van der Waals surface area contributed by atoms with Crippen molar-refractivity contribution < 1.29 is 4.79 Å². The Labute approximate surface area is 142 Å². The second-order valence-corrected chi connectivity index (χ2v) is 7.10. The van der Waals surface area contributed by atoms with E-state index in [0.717, 1.165) is 24.3 Å². The molecule has 1 N–H and O–H groups in total. The number of hydrogen-bond acceptors (Lipinski definition) is 3. The Morgan fingerprint density at radius 2 is 1.91 bits per heavy atom. The van der Waals surface area contributed by atoms with E-state index in [0.29, 0.717) is 6.42 Å². The second-order valence-electron chi connectivity index (χ2n) is 6.07. The number of thiophene rings is 1. The van der Waals surface area contributed by atoms with Crippen LogP contribution in [0.25, 0.3) is 0 Å². The zero-order chi connectivity index (χ0) is 15.9. The summed E-state index contributed by atoms with van der Waals surface area (Å²) < 4.78 is 0. The molecule has 4 heteroatoms. The number of anilines is 1. The number of carbonyl (C=O) groups excluding carboxylic acids is 1. The highest BCUT2D eigenvalue weighted by Crippen LogP contribution is 2.20. The Bertz CT molecular complexity index is 601. The molecule has 1 amide bonds. The first-order valence-electron chi connectivity index (χ1n) is 8.44. The first-order valence-corrected chi connectivity index (χ1v) is 9.32. The van der Waals surface area contributed by atoms with Crippen molar-refractivity contribution in [1.29, 1.82) is 0 Å². The predicted octanol–water partition coefficient (Wildman–Crippen LogP) is 3.64. The van der Waals surface area contributed by atoms with E-state index in [-0.39, 0.29) is 5.91 Å². The van der Waals surface area contributed by atoms with E-state index in [1.807, 2.05) is 17.5 Å². The Hall–Kier alpha value is -1.81. The first-order chi connectivity index (χ1) is 11.3. The quantitative estimate of drug-likeness (QED) is 0.787. The van der Waals surface area contributed by atoms with Crippen LogP contribution in [-0.2, 0) is 17.6 Å². The Morgan fingerprint density at radius 1 is 1.13 bits per heavy atom. The molecule has 0 unspecified atom stereocenters. The maximum Gasteiger partial charge on any atom is 0.225 e. The molecular weight excluding hydrogens is 304 g/mol. The van der Waals surface area contributed by atoms with Gasteiger partial charge in [-0.2, -0.15) is 0 Å². The van der Waals surface area contributed by atoms with Gasteiger partial charge in [-0.1, -0.05) is 18.2 Å². The number of benzene rings is 1. The minimum absolute atomic E-state index is 0.122. The van der Waals surface area contributed by atoms with E-state index in [1.165, 1.54) is 37.2 Å². The predicted molar refractivity (Wildman–Crippen MR) is 97.2 cm³/mol. The molecule has 3 nitrogen and oxygen atoms in total. The molecule has 23 heavy (non-hydrogen) atoms. The van der Waals surface area contributed by atoms with Crippen molar-refractivity contribution in [2.24, 2.45) is 0 Å². The summed E-state index contributed by atoms with van der Waals surface area (Å²) in [5.41, 5.74) is 2.69. The van der Waals surface area contributed by atoms with Crippen LogP contribution in [0.3, 0.4) is 0 Å². The lowest BCUT2D eigenvalue weighted by Crippen LogP contribution is -2.26. The van der Waals surface area contributed by atoms with E-state index >= 15 is 0 Å². The zero-order valence-electron chi connectivity index (χ0n) is 13.5. The third kappa shape index (κ3) is 4.83. The van der Waals surface area contributed by atoms with Gasteiger partial charge in [-0.3, -0.25) is 4.79 Å². The van der Waals surface area contributed by atoms with Gasteiger partial charge in [0.2, 0.25) is 5.91 Å². The van der Waals surface area contributed by atoms with Crippen molar-refractivity contribution in [3.8, 4) is 0 Å². The number of hydrogen-bond donors (Lipinski definition) is 1. The van der Waals surface area contributed by atoms with Crippen molar-refractivity contribution in [3.05, 3.63) is 52.2 Å². The van der Waals surface area contributed by atoms with Gasteiger partial charge in [-0.15, -0.1) is 11.3 Å². The fourth-order valence-corrected chi connectivity index (χ4v) is 3.71. The summed E-state index contributed by atoms with van der Waals surface area (Å²) in [6.07, 6.45) is 5.13. The molecule has 0 saturated carbocycles. The third-order valence-electron chi connectivity index (χ3n) is 4.29. The first kappa shape index (κ1) is 16.1.